The number of hydrogen-bond donors (Lipinski definition) is 1. The largest absolute Gasteiger partial charge is 0.496 e. The van der Waals surface area contributed by atoms with Gasteiger partial charge in [-0.2, -0.15) is 0 Å². The maximum absolute atomic E-state index is 13.2. The van der Waals surface area contributed by atoms with Crippen LogP contribution in [0, 0.1) is 6.92 Å². The number of aryl methyl sites for hydroxylation is 1. The highest BCUT2D eigenvalue weighted by Gasteiger charge is 2.27. The number of halogens is 1. The Morgan fingerprint density at radius 3 is 2.49 bits per heavy atom. The van der Waals surface area contributed by atoms with E-state index < -0.39 is 5.97 Å². The fraction of sp³-hybridized carbons (Fsp3) is 0.235. The number of amides is 1. The number of anilines is 2. The third-order valence-corrected chi connectivity index (χ3v) is 12.1. The number of rotatable bonds is 10. The van der Waals surface area contributed by atoms with Crippen molar-refractivity contribution >= 4 is 83.9 Å². The Labute approximate surface area is 283 Å². The van der Waals surface area contributed by atoms with Crippen LogP contribution in [0.5, 0.6) is 5.75 Å². The van der Waals surface area contributed by atoms with Crippen LogP contribution in [0.25, 0.3) is 10.1 Å². The minimum absolute atomic E-state index is 0.0731. The predicted octanol–water partition coefficient (Wildman–Crippen LogP) is 8.46. The van der Waals surface area contributed by atoms with Crippen LogP contribution in [0.15, 0.2) is 87.5 Å². The van der Waals surface area contributed by atoms with Gasteiger partial charge in [0.05, 0.1) is 18.5 Å². The number of methoxy groups -OCH3 is 1. The van der Waals surface area contributed by atoms with Gasteiger partial charge in [0.2, 0.25) is 0 Å². The first-order valence-electron chi connectivity index (χ1n) is 14.5. The lowest BCUT2D eigenvalue weighted by molar-refractivity contribution is 0.0700. The van der Waals surface area contributed by atoms with Crippen molar-refractivity contribution in [3.05, 3.63) is 104 Å². The van der Waals surface area contributed by atoms with Gasteiger partial charge in [0.25, 0.3) is 5.91 Å². The van der Waals surface area contributed by atoms with E-state index in [2.05, 4.69) is 67.6 Å². The number of hydrogen-bond acceptors (Lipinski definition) is 8. The summed E-state index contributed by atoms with van der Waals surface area (Å²) in [5, 5.41) is 12.6. The van der Waals surface area contributed by atoms with Crippen LogP contribution >= 0.6 is 50.6 Å². The van der Waals surface area contributed by atoms with Gasteiger partial charge in [-0.1, -0.05) is 30.3 Å². The topological polar surface area (TPSA) is 73.3 Å². The quantitative estimate of drug-likeness (QED) is 0.145. The molecule has 0 aliphatic carbocycles. The summed E-state index contributed by atoms with van der Waals surface area (Å²) in [4.78, 5) is 31.4. The van der Waals surface area contributed by atoms with Crippen molar-refractivity contribution in [1.29, 1.82) is 0 Å². The summed E-state index contributed by atoms with van der Waals surface area (Å²) in [5.74, 6) is 0.0504. The van der Waals surface area contributed by atoms with Crippen molar-refractivity contribution in [2.45, 2.75) is 18.2 Å². The zero-order valence-electron chi connectivity index (χ0n) is 24.9. The highest BCUT2D eigenvalue weighted by Crippen LogP contribution is 2.40. The lowest BCUT2D eigenvalue weighted by Gasteiger charge is -2.38. The smallest absolute Gasteiger partial charge is 0.346 e. The molecule has 1 amide bonds. The molecule has 2 aromatic heterocycles. The molecule has 1 N–H and O–H groups in total. The monoisotopic (exact) mass is 721 g/mol. The first-order valence-corrected chi connectivity index (χ1v) is 17.8. The number of nitrogens with zero attached hydrogens (tertiary/aromatic N) is 3. The molecule has 11 heteroatoms. The first kappa shape index (κ1) is 31.5. The summed E-state index contributed by atoms with van der Waals surface area (Å²) in [6, 6.07) is 24.7. The van der Waals surface area contributed by atoms with Gasteiger partial charge in [0.15, 0.2) is 0 Å². The molecule has 0 saturated carbocycles. The highest BCUT2D eigenvalue weighted by atomic mass is 79.9. The minimum Gasteiger partial charge on any atom is -0.496 e. The number of fused-ring (bicyclic) bond motifs is 1. The van der Waals surface area contributed by atoms with E-state index in [1.807, 2.05) is 47.5 Å². The van der Waals surface area contributed by atoms with Crippen LogP contribution in [0.1, 0.15) is 30.5 Å². The lowest BCUT2D eigenvalue weighted by Crippen LogP contribution is -2.49. The van der Waals surface area contributed by atoms with Crippen LogP contribution in [0.2, 0.25) is 0 Å². The zero-order valence-corrected chi connectivity index (χ0v) is 28.9. The molecule has 45 heavy (non-hydrogen) atoms. The van der Waals surface area contributed by atoms with Gasteiger partial charge in [-0.25, -0.2) is 4.79 Å². The van der Waals surface area contributed by atoms with Gasteiger partial charge in [-0.05, 0) is 106 Å². The highest BCUT2D eigenvalue weighted by molar-refractivity contribution is 9.10. The number of benzene rings is 3. The first-order chi connectivity index (χ1) is 21.8. The second-order valence-electron chi connectivity index (χ2n) is 10.6. The number of piperazine rings is 1. The summed E-state index contributed by atoms with van der Waals surface area (Å²) in [7, 11) is 1.70. The van der Waals surface area contributed by atoms with Crippen LogP contribution in [-0.2, 0) is 6.42 Å². The average Bonchev–Trinajstić information content (AvgIpc) is 3.65. The summed E-state index contributed by atoms with van der Waals surface area (Å²) >= 11 is 7.95. The van der Waals surface area contributed by atoms with Crippen LogP contribution < -0.4 is 13.9 Å². The summed E-state index contributed by atoms with van der Waals surface area (Å²) < 4.78 is 9.79. The zero-order chi connectivity index (χ0) is 31.5. The number of para-hydroxylation sites is 3. The Morgan fingerprint density at radius 1 is 1.00 bits per heavy atom. The molecule has 1 aliphatic heterocycles. The van der Waals surface area contributed by atoms with E-state index >= 15 is 0 Å². The Kier molecular flexibility index (Phi) is 9.70. The Hall–Kier alpha value is -3.51. The number of carbonyl (C=O) groups is 2. The van der Waals surface area contributed by atoms with E-state index in [0.717, 1.165) is 72.1 Å². The van der Waals surface area contributed by atoms with Gasteiger partial charge >= 0.3 is 5.97 Å². The number of thiophene rings is 2. The molecule has 0 unspecified atom stereocenters. The molecule has 0 atom stereocenters. The van der Waals surface area contributed by atoms with Gasteiger partial charge in [-0.15, -0.1) is 22.7 Å². The van der Waals surface area contributed by atoms with Crippen molar-refractivity contribution < 1.29 is 19.4 Å². The number of aromatic carboxylic acids is 1. The van der Waals surface area contributed by atoms with Crippen LogP contribution in [0.3, 0.4) is 0 Å². The van der Waals surface area contributed by atoms with Gasteiger partial charge in [0, 0.05) is 46.8 Å². The van der Waals surface area contributed by atoms with Gasteiger partial charge in [-0.3, -0.25) is 4.79 Å². The number of carboxylic acids is 1. The summed E-state index contributed by atoms with van der Waals surface area (Å²) in [5.41, 5.74) is 4.14. The molecule has 3 aromatic carbocycles. The molecule has 232 valence electrons. The maximum atomic E-state index is 13.2. The molecule has 6 rings (SSSR count). The van der Waals surface area contributed by atoms with E-state index in [9.17, 15) is 14.7 Å². The Morgan fingerprint density at radius 2 is 1.76 bits per heavy atom. The molecular formula is C34H32BrN3O4S3. The molecule has 1 fully saturated rings. The number of ether oxygens (including phenoxy) is 1. The summed E-state index contributed by atoms with van der Waals surface area (Å²) in [6.07, 6.45) is 0.770. The average molecular weight is 723 g/mol. The Bertz CT molecular complexity index is 1850. The van der Waals surface area contributed by atoms with Gasteiger partial charge in [0.1, 0.15) is 15.5 Å². The normalized spacial score (nSPS) is 13.3. The Balaban J connectivity index is 1.28. The third-order valence-electron chi connectivity index (χ3n) is 7.96. The van der Waals surface area contributed by atoms with Crippen molar-refractivity contribution in [3.8, 4) is 5.75 Å². The van der Waals surface area contributed by atoms with E-state index in [4.69, 9.17) is 4.74 Å². The SMILES string of the molecule is COc1ccccc1CCN(Sc1ccc2sc(C(=O)O)c(C)c2c1)c1ccccc1N1CCN(C(=O)c2sccc2Br)CC1. The van der Waals surface area contributed by atoms with E-state index in [1.165, 1.54) is 22.7 Å². The van der Waals surface area contributed by atoms with E-state index in [1.54, 1.807) is 19.1 Å². The third kappa shape index (κ3) is 6.72. The van der Waals surface area contributed by atoms with Crippen molar-refractivity contribution in [2.24, 2.45) is 0 Å². The molecule has 0 spiro atoms. The fourth-order valence-electron chi connectivity index (χ4n) is 5.62. The van der Waals surface area contributed by atoms with Crippen LogP contribution in [-0.4, -0.2) is 61.7 Å². The molecule has 0 bridgehead atoms. The van der Waals surface area contributed by atoms with E-state index in [0.29, 0.717) is 24.5 Å². The molecule has 0 radical (unpaired) electrons. The summed E-state index contributed by atoms with van der Waals surface area (Å²) in [6.45, 7) is 5.35. The predicted molar refractivity (Wildman–Crippen MR) is 190 cm³/mol. The number of carboxylic acid groups (broad SMARTS) is 1. The standard InChI is InChI=1S/C34H32BrN3O4S3/c1-22-25-21-24(11-12-30(25)44-31(22)34(40)41)45-38(15-13-23-7-3-6-10-29(23)42-2)28-9-5-4-8-27(28)36-16-18-37(19-17-36)33(39)32-26(35)14-20-43-32/h3-12,14,20-21H,13,15-19H2,1-2H3,(H,40,41). The lowest BCUT2D eigenvalue weighted by atomic mass is 10.1. The van der Waals surface area contributed by atoms with Crippen molar-refractivity contribution in [2.75, 3.05) is 49.0 Å². The second-order valence-corrected chi connectivity index (χ2v) is 14.6. The maximum Gasteiger partial charge on any atom is 0.346 e. The fourth-order valence-corrected chi connectivity index (χ4v) is 9.14. The molecule has 7 nitrogen and oxygen atoms in total. The molecule has 1 saturated heterocycles. The van der Waals surface area contributed by atoms with Crippen molar-refractivity contribution in [3.63, 3.8) is 0 Å². The molecule has 5 aromatic rings. The molecule has 3 heterocycles. The van der Waals surface area contributed by atoms with Gasteiger partial charge < -0.3 is 23.9 Å². The molecular weight excluding hydrogens is 690 g/mol. The molecule has 1 aliphatic rings. The second kappa shape index (κ2) is 13.9. The number of carbonyl (C=O) groups excluding carboxylic acids is 1. The van der Waals surface area contributed by atoms with Crippen molar-refractivity contribution in [1.82, 2.24) is 4.90 Å². The minimum atomic E-state index is -0.889. The van der Waals surface area contributed by atoms with Crippen LogP contribution in [0.4, 0.5) is 11.4 Å². The van der Waals surface area contributed by atoms with E-state index in [-0.39, 0.29) is 5.91 Å².